The van der Waals surface area contributed by atoms with Crippen molar-refractivity contribution >= 4 is 16.9 Å². The molecule has 2 aliphatic heterocycles. The first-order valence-electron chi connectivity index (χ1n) is 9.90. The molecular weight excluding hydrogens is 354 g/mol. The number of likely N-dealkylation sites (tertiary alicyclic amines) is 1. The van der Waals surface area contributed by atoms with Gasteiger partial charge in [-0.1, -0.05) is 18.2 Å². The van der Waals surface area contributed by atoms with Crippen molar-refractivity contribution in [2.75, 3.05) is 19.8 Å². The van der Waals surface area contributed by atoms with Crippen LogP contribution in [0, 0.1) is 0 Å². The van der Waals surface area contributed by atoms with Gasteiger partial charge < -0.3 is 19.4 Å². The van der Waals surface area contributed by atoms with Crippen LogP contribution in [0.25, 0.3) is 11.0 Å². The van der Waals surface area contributed by atoms with Gasteiger partial charge in [-0.05, 0) is 42.7 Å². The summed E-state index contributed by atoms with van der Waals surface area (Å²) >= 11 is 0. The van der Waals surface area contributed by atoms with Gasteiger partial charge in [0.05, 0.1) is 17.1 Å². The highest BCUT2D eigenvalue weighted by atomic mass is 16.6. The van der Waals surface area contributed by atoms with Crippen molar-refractivity contribution in [3.63, 3.8) is 0 Å². The quantitative estimate of drug-likeness (QED) is 0.754. The summed E-state index contributed by atoms with van der Waals surface area (Å²) in [5.74, 6) is 2.61. The Bertz CT molecular complexity index is 980. The van der Waals surface area contributed by atoms with Crippen LogP contribution < -0.4 is 9.47 Å². The fourth-order valence-corrected chi connectivity index (χ4v) is 4.17. The number of benzene rings is 2. The second kappa shape index (κ2) is 7.19. The monoisotopic (exact) mass is 377 g/mol. The second-order valence-corrected chi connectivity index (χ2v) is 7.35. The number of aromatic amines is 1. The molecule has 1 saturated heterocycles. The molecule has 2 aliphatic rings. The molecule has 1 N–H and O–H groups in total. The third kappa shape index (κ3) is 3.19. The minimum absolute atomic E-state index is 0.110. The van der Waals surface area contributed by atoms with E-state index in [2.05, 4.69) is 16.0 Å². The Hall–Kier alpha value is -3.02. The Morgan fingerprint density at radius 1 is 1.14 bits per heavy atom. The van der Waals surface area contributed by atoms with E-state index in [1.807, 2.05) is 41.3 Å². The fourth-order valence-electron chi connectivity index (χ4n) is 4.17. The van der Waals surface area contributed by atoms with E-state index >= 15 is 0 Å². The topological polar surface area (TPSA) is 67.5 Å². The predicted octanol–water partition coefficient (Wildman–Crippen LogP) is 3.63. The number of imidazole rings is 1. The van der Waals surface area contributed by atoms with Gasteiger partial charge in [-0.25, -0.2) is 4.98 Å². The smallest absolute Gasteiger partial charge is 0.223 e. The van der Waals surface area contributed by atoms with Crippen molar-refractivity contribution in [1.29, 1.82) is 0 Å². The highest BCUT2D eigenvalue weighted by Gasteiger charge is 2.30. The highest BCUT2D eigenvalue weighted by molar-refractivity contribution is 5.78. The number of rotatable bonds is 4. The lowest BCUT2D eigenvalue weighted by atomic mass is 10.0. The summed E-state index contributed by atoms with van der Waals surface area (Å²) in [6.45, 7) is 1.96. The number of H-pyrrole nitrogens is 1. The lowest BCUT2D eigenvalue weighted by Gasteiger charge is -2.26. The third-order valence-electron chi connectivity index (χ3n) is 5.54. The van der Waals surface area contributed by atoms with Gasteiger partial charge in [0.2, 0.25) is 5.91 Å². The standard InChI is InChI=1S/C22H23N3O3/c26-22(10-9-21-23-16-4-1-2-5-17(16)24-21)25-11-3-6-18(25)15-7-8-19-20(14-15)28-13-12-27-19/h1-2,4-5,7-8,14,18H,3,6,9-13H2,(H,23,24)/t18-/m0/s1. The van der Waals surface area contributed by atoms with Gasteiger partial charge in [-0.15, -0.1) is 0 Å². The molecule has 28 heavy (non-hydrogen) atoms. The van der Waals surface area contributed by atoms with E-state index in [4.69, 9.17) is 9.47 Å². The normalized spacial score (nSPS) is 18.6. The third-order valence-corrected chi connectivity index (χ3v) is 5.54. The molecule has 0 saturated carbocycles. The summed E-state index contributed by atoms with van der Waals surface area (Å²) in [6.07, 6.45) is 3.09. The summed E-state index contributed by atoms with van der Waals surface area (Å²) in [4.78, 5) is 22.8. The molecule has 0 unspecified atom stereocenters. The number of fused-ring (bicyclic) bond motifs is 2. The maximum Gasteiger partial charge on any atom is 0.223 e. The maximum absolute atomic E-state index is 12.9. The predicted molar refractivity (Wildman–Crippen MR) is 106 cm³/mol. The second-order valence-electron chi connectivity index (χ2n) is 7.35. The van der Waals surface area contributed by atoms with Crippen LogP contribution in [0.15, 0.2) is 42.5 Å². The minimum Gasteiger partial charge on any atom is -0.486 e. The van der Waals surface area contributed by atoms with Crippen LogP contribution in [0.5, 0.6) is 11.5 Å². The van der Waals surface area contributed by atoms with E-state index < -0.39 is 0 Å². The largest absolute Gasteiger partial charge is 0.486 e. The summed E-state index contributed by atoms with van der Waals surface area (Å²) in [6, 6.07) is 14.1. The van der Waals surface area contributed by atoms with Crippen LogP contribution in [-0.4, -0.2) is 40.5 Å². The summed E-state index contributed by atoms with van der Waals surface area (Å²) in [5.41, 5.74) is 3.08. The zero-order valence-electron chi connectivity index (χ0n) is 15.7. The zero-order valence-corrected chi connectivity index (χ0v) is 15.7. The van der Waals surface area contributed by atoms with Crippen molar-refractivity contribution in [2.45, 2.75) is 31.7 Å². The molecule has 0 bridgehead atoms. The number of hydrogen-bond donors (Lipinski definition) is 1. The number of nitrogens with zero attached hydrogens (tertiary/aromatic N) is 2. The van der Waals surface area contributed by atoms with Gasteiger partial charge >= 0.3 is 0 Å². The van der Waals surface area contributed by atoms with Gasteiger partial charge in [0, 0.05) is 19.4 Å². The van der Waals surface area contributed by atoms with Crippen LogP contribution >= 0.6 is 0 Å². The molecule has 144 valence electrons. The van der Waals surface area contributed by atoms with Crippen LogP contribution in [0.1, 0.15) is 36.7 Å². The van der Waals surface area contributed by atoms with Crippen LogP contribution in [0.4, 0.5) is 0 Å². The van der Waals surface area contributed by atoms with Crippen LogP contribution in [0.2, 0.25) is 0 Å². The molecule has 1 fully saturated rings. The van der Waals surface area contributed by atoms with Gasteiger partial charge in [-0.2, -0.15) is 0 Å². The van der Waals surface area contributed by atoms with Crippen molar-refractivity contribution in [2.24, 2.45) is 0 Å². The van der Waals surface area contributed by atoms with E-state index in [1.165, 1.54) is 0 Å². The summed E-state index contributed by atoms with van der Waals surface area (Å²) < 4.78 is 11.3. The van der Waals surface area contributed by atoms with E-state index in [9.17, 15) is 4.79 Å². The number of hydrogen-bond acceptors (Lipinski definition) is 4. The lowest BCUT2D eigenvalue weighted by molar-refractivity contribution is -0.132. The molecule has 0 spiro atoms. The van der Waals surface area contributed by atoms with Gasteiger partial charge in [-0.3, -0.25) is 4.79 Å². The molecule has 2 aromatic carbocycles. The number of nitrogens with one attached hydrogen (secondary N) is 1. The zero-order chi connectivity index (χ0) is 18.9. The molecule has 0 aliphatic carbocycles. The molecule has 1 aromatic heterocycles. The average Bonchev–Trinajstić information content (AvgIpc) is 3.38. The number of ether oxygens (including phenoxy) is 2. The first-order valence-corrected chi connectivity index (χ1v) is 9.90. The fraction of sp³-hybridized carbons (Fsp3) is 0.364. The SMILES string of the molecule is O=C(CCc1nc2ccccc2[nH]1)N1CCC[C@H]1c1ccc2c(c1)OCCO2. The Balaban J connectivity index is 1.28. The Labute approximate surface area is 163 Å². The number of carbonyl (C=O) groups is 1. The van der Waals surface area contributed by atoms with Crippen LogP contribution in [-0.2, 0) is 11.2 Å². The van der Waals surface area contributed by atoms with Crippen molar-refractivity contribution in [1.82, 2.24) is 14.9 Å². The molecule has 1 atom stereocenters. The molecule has 6 heteroatoms. The van der Waals surface area contributed by atoms with E-state index in [0.717, 1.165) is 53.3 Å². The molecule has 3 heterocycles. The molecule has 5 rings (SSSR count). The Morgan fingerprint density at radius 2 is 2.00 bits per heavy atom. The minimum atomic E-state index is 0.110. The Morgan fingerprint density at radius 3 is 2.89 bits per heavy atom. The number of amides is 1. The van der Waals surface area contributed by atoms with Gasteiger partial charge in [0.15, 0.2) is 11.5 Å². The highest BCUT2D eigenvalue weighted by Crippen LogP contribution is 2.38. The van der Waals surface area contributed by atoms with E-state index in [0.29, 0.717) is 26.1 Å². The first kappa shape index (κ1) is 17.1. The van der Waals surface area contributed by atoms with Gasteiger partial charge in [0.1, 0.15) is 19.0 Å². The van der Waals surface area contributed by atoms with Crippen molar-refractivity contribution < 1.29 is 14.3 Å². The number of para-hydroxylation sites is 2. The molecule has 0 radical (unpaired) electrons. The Kier molecular flexibility index (Phi) is 4.39. The molecular formula is C22H23N3O3. The molecule has 6 nitrogen and oxygen atoms in total. The maximum atomic E-state index is 12.9. The van der Waals surface area contributed by atoms with Crippen molar-refractivity contribution in [3.05, 3.63) is 53.9 Å². The summed E-state index contributed by atoms with van der Waals surface area (Å²) in [5, 5.41) is 0. The lowest BCUT2D eigenvalue weighted by Crippen LogP contribution is -2.30. The van der Waals surface area contributed by atoms with E-state index in [-0.39, 0.29) is 11.9 Å². The molecule has 1 amide bonds. The van der Waals surface area contributed by atoms with E-state index in [1.54, 1.807) is 0 Å². The van der Waals surface area contributed by atoms with Gasteiger partial charge in [0.25, 0.3) is 0 Å². The van der Waals surface area contributed by atoms with Crippen LogP contribution in [0.3, 0.4) is 0 Å². The number of carbonyl (C=O) groups excluding carboxylic acids is 1. The average molecular weight is 377 g/mol. The number of aromatic nitrogens is 2. The van der Waals surface area contributed by atoms with Crippen molar-refractivity contribution in [3.8, 4) is 11.5 Å². The number of aryl methyl sites for hydroxylation is 1. The summed E-state index contributed by atoms with van der Waals surface area (Å²) in [7, 11) is 0. The molecule has 3 aromatic rings. The first-order chi connectivity index (χ1) is 13.8.